The fourth-order valence-electron chi connectivity index (χ4n) is 3.64. The van der Waals surface area contributed by atoms with E-state index in [9.17, 15) is 13.2 Å². The summed E-state index contributed by atoms with van der Waals surface area (Å²) in [5.74, 6) is -0.268. The molecule has 4 rings (SSSR count). The van der Waals surface area contributed by atoms with E-state index in [0.29, 0.717) is 23.5 Å². The number of furan rings is 1. The summed E-state index contributed by atoms with van der Waals surface area (Å²) in [4.78, 5) is 12.9. The lowest BCUT2D eigenvalue weighted by molar-refractivity contribution is 0.0937. The third kappa shape index (κ3) is 5.46. The second-order valence-electron chi connectivity index (χ2n) is 7.66. The Bertz CT molecular complexity index is 1120. The van der Waals surface area contributed by atoms with Crippen molar-refractivity contribution < 1.29 is 17.6 Å². The van der Waals surface area contributed by atoms with Crippen LogP contribution in [-0.4, -0.2) is 20.4 Å². The van der Waals surface area contributed by atoms with Gasteiger partial charge < -0.3 is 15.1 Å². The molecule has 1 heterocycles. The van der Waals surface area contributed by atoms with Crippen LogP contribution in [0.2, 0.25) is 0 Å². The SMILES string of the molecule is O=C(NC1CCCC1)c1cc(NCc2ccoc2)cc(S(=O)(=O)Nc2ccccc2)c1. The van der Waals surface area contributed by atoms with Gasteiger partial charge in [-0.2, -0.15) is 0 Å². The highest BCUT2D eigenvalue weighted by Crippen LogP contribution is 2.24. The highest BCUT2D eigenvalue weighted by molar-refractivity contribution is 7.92. The van der Waals surface area contributed by atoms with Crippen LogP contribution in [0.4, 0.5) is 11.4 Å². The Kier molecular flexibility index (Phi) is 6.27. The Morgan fingerprint density at radius 1 is 1.00 bits per heavy atom. The van der Waals surface area contributed by atoms with Gasteiger partial charge in [0.05, 0.1) is 17.4 Å². The van der Waals surface area contributed by atoms with Gasteiger partial charge in [0.1, 0.15) is 0 Å². The van der Waals surface area contributed by atoms with E-state index in [1.54, 1.807) is 42.9 Å². The van der Waals surface area contributed by atoms with Crippen molar-refractivity contribution >= 4 is 27.3 Å². The molecule has 0 radical (unpaired) electrons. The maximum atomic E-state index is 13.0. The first kappa shape index (κ1) is 21.0. The highest BCUT2D eigenvalue weighted by atomic mass is 32.2. The van der Waals surface area contributed by atoms with Crippen LogP contribution in [-0.2, 0) is 16.6 Å². The zero-order valence-electron chi connectivity index (χ0n) is 17.0. The van der Waals surface area contributed by atoms with Gasteiger partial charge in [0.25, 0.3) is 15.9 Å². The molecule has 1 saturated carbocycles. The van der Waals surface area contributed by atoms with Gasteiger partial charge in [0.2, 0.25) is 0 Å². The lowest BCUT2D eigenvalue weighted by Crippen LogP contribution is -2.32. The van der Waals surface area contributed by atoms with Gasteiger partial charge in [-0.15, -0.1) is 0 Å². The Labute approximate surface area is 181 Å². The summed E-state index contributed by atoms with van der Waals surface area (Å²) in [5.41, 5.74) is 2.20. The Balaban J connectivity index is 1.62. The van der Waals surface area contributed by atoms with Crippen molar-refractivity contribution in [3.8, 4) is 0 Å². The fourth-order valence-corrected chi connectivity index (χ4v) is 4.77. The number of hydrogen-bond acceptors (Lipinski definition) is 5. The third-order valence-electron chi connectivity index (χ3n) is 5.27. The van der Waals surface area contributed by atoms with Crippen molar-refractivity contribution in [1.29, 1.82) is 0 Å². The summed E-state index contributed by atoms with van der Waals surface area (Å²) >= 11 is 0. The summed E-state index contributed by atoms with van der Waals surface area (Å²) in [6, 6.07) is 15.2. The second kappa shape index (κ2) is 9.26. The molecule has 2 aromatic carbocycles. The lowest BCUT2D eigenvalue weighted by Gasteiger charge is -2.15. The van der Waals surface area contributed by atoms with Crippen LogP contribution < -0.4 is 15.4 Å². The van der Waals surface area contributed by atoms with E-state index in [1.807, 2.05) is 12.1 Å². The molecular formula is C23H25N3O4S. The van der Waals surface area contributed by atoms with Crippen molar-refractivity contribution in [2.24, 2.45) is 0 Å². The first-order valence-electron chi connectivity index (χ1n) is 10.3. The second-order valence-corrected chi connectivity index (χ2v) is 9.34. The number of carbonyl (C=O) groups excluding carboxylic acids is 1. The summed E-state index contributed by atoms with van der Waals surface area (Å²) in [5, 5.41) is 6.20. The molecule has 0 spiro atoms. The van der Waals surface area contributed by atoms with Gasteiger partial charge in [-0.3, -0.25) is 9.52 Å². The molecule has 3 N–H and O–H groups in total. The number of amides is 1. The van der Waals surface area contributed by atoms with E-state index >= 15 is 0 Å². The molecule has 8 heteroatoms. The van der Waals surface area contributed by atoms with Gasteiger partial charge in [-0.25, -0.2) is 8.42 Å². The highest BCUT2D eigenvalue weighted by Gasteiger charge is 2.21. The van der Waals surface area contributed by atoms with Gasteiger partial charge >= 0.3 is 0 Å². The minimum absolute atomic E-state index is 0.0186. The average molecular weight is 440 g/mol. The molecule has 7 nitrogen and oxygen atoms in total. The van der Waals surface area contributed by atoms with Crippen LogP contribution in [0.5, 0.6) is 0 Å². The van der Waals surface area contributed by atoms with E-state index in [2.05, 4.69) is 15.4 Å². The van der Waals surface area contributed by atoms with E-state index in [0.717, 1.165) is 31.2 Å². The van der Waals surface area contributed by atoms with E-state index < -0.39 is 10.0 Å². The van der Waals surface area contributed by atoms with Crippen LogP contribution in [0.1, 0.15) is 41.6 Å². The third-order valence-corrected chi connectivity index (χ3v) is 6.63. The molecule has 0 unspecified atom stereocenters. The standard InChI is InChI=1S/C23H25N3O4S/c27-23(25-19-6-4-5-7-19)18-12-21(24-15-17-10-11-30-16-17)14-22(13-18)31(28,29)26-20-8-2-1-3-9-20/h1-3,8-14,16,19,24,26H,4-7,15H2,(H,25,27). The predicted molar refractivity (Wildman–Crippen MR) is 119 cm³/mol. The predicted octanol–water partition coefficient (Wildman–Crippen LogP) is 4.36. The Morgan fingerprint density at radius 3 is 2.48 bits per heavy atom. The Morgan fingerprint density at radius 2 is 1.77 bits per heavy atom. The van der Waals surface area contributed by atoms with Gasteiger partial charge in [0, 0.05) is 35.1 Å². The molecule has 0 bridgehead atoms. The molecule has 162 valence electrons. The van der Waals surface area contributed by atoms with Crippen molar-refractivity contribution in [3.05, 3.63) is 78.3 Å². The molecule has 0 aliphatic heterocycles. The van der Waals surface area contributed by atoms with E-state index in [4.69, 9.17) is 4.42 Å². The molecule has 1 aromatic heterocycles. The van der Waals surface area contributed by atoms with Crippen molar-refractivity contribution in [2.75, 3.05) is 10.0 Å². The molecule has 31 heavy (non-hydrogen) atoms. The number of rotatable bonds is 8. The van der Waals surface area contributed by atoms with Crippen LogP contribution >= 0.6 is 0 Å². The lowest BCUT2D eigenvalue weighted by atomic mass is 10.1. The molecule has 0 atom stereocenters. The minimum atomic E-state index is -3.88. The van der Waals surface area contributed by atoms with Crippen LogP contribution in [0, 0.1) is 0 Å². The molecule has 1 aliphatic carbocycles. The van der Waals surface area contributed by atoms with Crippen LogP contribution in [0.25, 0.3) is 0 Å². The minimum Gasteiger partial charge on any atom is -0.472 e. The van der Waals surface area contributed by atoms with Crippen molar-refractivity contribution in [1.82, 2.24) is 5.32 Å². The molecule has 0 saturated heterocycles. The summed E-state index contributed by atoms with van der Waals surface area (Å²) < 4.78 is 33.7. The van der Waals surface area contributed by atoms with Gasteiger partial charge in [-0.05, 0) is 49.2 Å². The normalized spacial score (nSPS) is 14.3. The van der Waals surface area contributed by atoms with Crippen molar-refractivity contribution in [2.45, 2.75) is 43.2 Å². The largest absolute Gasteiger partial charge is 0.472 e. The quantitative estimate of drug-likeness (QED) is 0.484. The Hall–Kier alpha value is -3.26. The summed E-state index contributed by atoms with van der Waals surface area (Å²) in [6.07, 6.45) is 7.27. The zero-order valence-corrected chi connectivity index (χ0v) is 17.8. The first-order valence-corrected chi connectivity index (χ1v) is 11.8. The molecule has 1 aliphatic rings. The smallest absolute Gasteiger partial charge is 0.261 e. The van der Waals surface area contributed by atoms with E-state index in [1.165, 1.54) is 12.1 Å². The summed E-state index contributed by atoms with van der Waals surface area (Å²) in [6.45, 7) is 0.440. The topological polar surface area (TPSA) is 100 Å². The number of anilines is 2. The van der Waals surface area contributed by atoms with Crippen molar-refractivity contribution in [3.63, 3.8) is 0 Å². The average Bonchev–Trinajstić information content (AvgIpc) is 3.47. The number of para-hydroxylation sites is 1. The number of nitrogens with one attached hydrogen (secondary N) is 3. The van der Waals surface area contributed by atoms with Crippen LogP contribution in [0.3, 0.4) is 0 Å². The van der Waals surface area contributed by atoms with Gasteiger partial charge in [-0.1, -0.05) is 31.0 Å². The molecular weight excluding hydrogens is 414 g/mol. The molecule has 3 aromatic rings. The molecule has 1 fully saturated rings. The monoisotopic (exact) mass is 439 g/mol. The number of hydrogen-bond donors (Lipinski definition) is 3. The summed E-state index contributed by atoms with van der Waals surface area (Å²) in [7, 11) is -3.88. The molecule has 1 amide bonds. The maximum absolute atomic E-state index is 13.0. The number of benzene rings is 2. The maximum Gasteiger partial charge on any atom is 0.261 e. The van der Waals surface area contributed by atoms with Crippen LogP contribution in [0.15, 0.2) is 76.4 Å². The van der Waals surface area contributed by atoms with E-state index in [-0.39, 0.29) is 16.8 Å². The number of sulfonamides is 1. The zero-order chi connectivity index (χ0) is 21.7. The van der Waals surface area contributed by atoms with Gasteiger partial charge in [0.15, 0.2) is 0 Å². The first-order chi connectivity index (χ1) is 15.0. The number of carbonyl (C=O) groups is 1. The fraction of sp³-hybridized carbons (Fsp3) is 0.261.